The second-order valence-electron chi connectivity index (χ2n) is 5.15. The normalized spacial score (nSPS) is 12.9. The molecule has 0 saturated carbocycles. The lowest BCUT2D eigenvalue weighted by Gasteiger charge is -2.18. The van der Waals surface area contributed by atoms with E-state index in [2.05, 4.69) is 46.0 Å². The molecule has 2 aromatic heterocycles. The van der Waals surface area contributed by atoms with Crippen molar-refractivity contribution in [3.8, 4) is 0 Å². The molecule has 0 fully saturated rings. The standard InChI is InChI=1S/C16H23NOS/c1-7-17-15(16-9(2)8-10(3)19-16)14-11(4)12(5)18-13(14)6/h8,15,17H,7H2,1-6H3. The predicted octanol–water partition coefficient (Wildman–Crippen LogP) is 4.58. The Morgan fingerprint density at radius 2 is 1.84 bits per heavy atom. The summed E-state index contributed by atoms with van der Waals surface area (Å²) in [5.41, 5.74) is 3.95. The van der Waals surface area contributed by atoms with Crippen LogP contribution in [0.3, 0.4) is 0 Å². The maximum Gasteiger partial charge on any atom is 0.106 e. The van der Waals surface area contributed by atoms with Gasteiger partial charge in [-0.25, -0.2) is 0 Å². The second kappa shape index (κ2) is 5.51. The van der Waals surface area contributed by atoms with E-state index in [0.717, 1.165) is 18.1 Å². The molecule has 0 aliphatic carbocycles. The minimum Gasteiger partial charge on any atom is -0.466 e. The Labute approximate surface area is 119 Å². The molecular formula is C16H23NOS. The van der Waals surface area contributed by atoms with Gasteiger partial charge in [-0.15, -0.1) is 11.3 Å². The number of furan rings is 1. The van der Waals surface area contributed by atoms with Crippen LogP contribution in [-0.2, 0) is 0 Å². The first-order valence-electron chi connectivity index (χ1n) is 6.82. The largest absolute Gasteiger partial charge is 0.466 e. The zero-order valence-corrected chi connectivity index (χ0v) is 13.5. The highest BCUT2D eigenvalue weighted by Crippen LogP contribution is 2.36. The molecule has 1 atom stereocenters. The van der Waals surface area contributed by atoms with Gasteiger partial charge >= 0.3 is 0 Å². The smallest absolute Gasteiger partial charge is 0.106 e. The molecule has 0 spiro atoms. The van der Waals surface area contributed by atoms with Crippen LogP contribution in [0.4, 0.5) is 0 Å². The Morgan fingerprint density at radius 1 is 1.16 bits per heavy atom. The van der Waals surface area contributed by atoms with Crippen LogP contribution in [0.5, 0.6) is 0 Å². The summed E-state index contributed by atoms with van der Waals surface area (Å²) in [4.78, 5) is 2.78. The fourth-order valence-corrected chi connectivity index (χ4v) is 3.83. The molecule has 1 N–H and O–H groups in total. The molecule has 0 aliphatic rings. The van der Waals surface area contributed by atoms with Crippen molar-refractivity contribution in [2.45, 2.75) is 47.6 Å². The second-order valence-corrected chi connectivity index (χ2v) is 6.44. The summed E-state index contributed by atoms with van der Waals surface area (Å²) in [7, 11) is 0. The van der Waals surface area contributed by atoms with Crippen LogP contribution in [0, 0.1) is 34.6 Å². The van der Waals surface area contributed by atoms with Gasteiger partial charge in [-0.2, -0.15) is 0 Å². The predicted molar refractivity (Wildman–Crippen MR) is 82.2 cm³/mol. The van der Waals surface area contributed by atoms with Crippen molar-refractivity contribution >= 4 is 11.3 Å². The van der Waals surface area contributed by atoms with Crippen LogP contribution in [0.15, 0.2) is 10.5 Å². The molecule has 0 saturated heterocycles. The third-order valence-electron chi connectivity index (χ3n) is 3.66. The highest BCUT2D eigenvalue weighted by molar-refractivity contribution is 7.12. The lowest BCUT2D eigenvalue weighted by atomic mass is 9.99. The lowest BCUT2D eigenvalue weighted by Crippen LogP contribution is -2.22. The molecule has 0 aliphatic heterocycles. The van der Waals surface area contributed by atoms with Crippen LogP contribution in [-0.4, -0.2) is 6.54 Å². The van der Waals surface area contributed by atoms with Crippen LogP contribution in [0.2, 0.25) is 0 Å². The van der Waals surface area contributed by atoms with Gasteiger partial charge < -0.3 is 9.73 Å². The molecule has 2 aromatic rings. The van der Waals surface area contributed by atoms with Gasteiger partial charge in [0.1, 0.15) is 11.5 Å². The number of hydrogen-bond acceptors (Lipinski definition) is 3. The molecule has 2 rings (SSSR count). The highest BCUT2D eigenvalue weighted by atomic mass is 32.1. The molecule has 1 unspecified atom stereocenters. The Morgan fingerprint density at radius 3 is 2.26 bits per heavy atom. The Hall–Kier alpha value is -1.06. The summed E-state index contributed by atoms with van der Waals surface area (Å²) in [6.07, 6.45) is 0. The zero-order valence-electron chi connectivity index (χ0n) is 12.7. The molecule has 2 nitrogen and oxygen atoms in total. The van der Waals surface area contributed by atoms with E-state index in [0.29, 0.717) is 0 Å². The van der Waals surface area contributed by atoms with Gasteiger partial charge in [0.15, 0.2) is 0 Å². The zero-order chi connectivity index (χ0) is 14.2. The summed E-state index contributed by atoms with van der Waals surface area (Å²) in [6.45, 7) is 13.7. The number of hydrogen-bond donors (Lipinski definition) is 1. The minimum absolute atomic E-state index is 0.251. The van der Waals surface area contributed by atoms with Crippen molar-refractivity contribution in [1.82, 2.24) is 5.32 Å². The first-order chi connectivity index (χ1) is 8.95. The SMILES string of the molecule is CCNC(c1sc(C)cc1C)c1c(C)oc(C)c1C. The Kier molecular flexibility index (Phi) is 4.16. The number of aryl methyl sites for hydroxylation is 4. The van der Waals surface area contributed by atoms with Crippen LogP contribution in [0.1, 0.15) is 50.9 Å². The summed E-state index contributed by atoms with van der Waals surface area (Å²) >= 11 is 1.88. The molecule has 19 heavy (non-hydrogen) atoms. The van der Waals surface area contributed by atoms with E-state index in [-0.39, 0.29) is 6.04 Å². The van der Waals surface area contributed by atoms with Crippen molar-refractivity contribution in [2.24, 2.45) is 0 Å². The van der Waals surface area contributed by atoms with Crippen molar-refractivity contribution in [3.05, 3.63) is 44.0 Å². The third kappa shape index (κ3) is 2.63. The van der Waals surface area contributed by atoms with E-state index in [9.17, 15) is 0 Å². The maximum absolute atomic E-state index is 5.81. The van der Waals surface area contributed by atoms with Gasteiger partial charge in [0.25, 0.3) is 0 Å². The maximum atomic E-state index is 5.81. The average molecular weight is 277 g/mol. The van der Waals surface area contributed by atoms with Crippen molar-refractivity contribution in [1.29, 1.82) is 0 Å². The summed E-state index contributed by atoms with van der Waals surface area (Å²) < 4.78 is 5.81. The van der Waals surface area contributed by atoms with Gasteiger partial charge in [0, 0.05) is 15.3 Å². The van der Waals surface area contributed by atoms with E-state index < -0.39 is 0 Å². The first kappa shape index (κ1) is 14.4. The fraction of sp³-hybridized carbons (Fsp3) is 0.500. The molecule has 0 bridgehead atoms. The van der Waals surface area contributed by atoms with Crippen LogP contribution >= 0.6 is 11.3 Å². The topological polar surface area (TPSA) is 25.2 Å². The van der Waals surface area contributed by atoms with E-state index >= 15 is 0 Å². The number of thiophene rings is 1. The first-order valence-corrected chi connectivity index (χ1v) is 7.64. The van der Waals surface area contributed by atoms with E-state index in [4.69, 9.17) is 4.42 Å². The summed E-state index contributed by atoms with van der Waals surface area (Å²) in [5.74, 6) is 2.06. The molecule has 0 aromatic carbocycles. The van der Waals surface area contributed by atoms with Gasteiger partial charge in [-0.05, 0) is 58.4 Å². The monoisotopic (exact) mass is 277 g/mol. The molecule has 104 valence electrons. The average Bonchev–Trinajstić information content (AvgIpc) is 2.78. The molecule has 3 heteroatoms. The molecule has 2 heterocycles. The van der Waals surface area contributed by atoms with Gasteiger partial charge in [0.2, 0.25) is 0 Å². The van der Waals surface area contributed by atoms with E-state index in [1.54, 1.807) is 0 Å². The summed E-state index contributed by atoms with van der Waals surface area (Å²) in [6, 6.07) is 2.52. The lowest BCUT2D eigenvalue weighted by molar-refractivity contribution is 0.494. The number of nitrogens with one attached hydrogen (secondary N) is 1. The van der Waals surface area contributed by atoms with Crippen LogP contribution in [0.25, 0.3) is 0 Å². The molecule has 0 radical (unpaired) electrons. The quantitative estimate of drug-likeness (QED) is 0.884. The summed E-state index contributed by atoms with van der Waals surface area (Å²) in [5, 5.41) is 3.61. The molecular weight excluding hydrogens is 254 g/mol. The van der Waals surface area contributed by atoms with Gasteiger partial charge in [0.05, 0.1) is 6.04 Å². The van der Waals surface area contributed by atoms with E-state index in [1.165, 1.54) is 26.4 Å². The van der Waals surface area contributed by atoms with Gasteiger partial charge in [-0.1, -0.05) is 6.92 Å². The van der Waals surface area contributed by atoms with Crippen LogP contribution < -0.4 is 5.32 Å². The van der Waals surface area contributed by atoms with Crippen molar-refractivity contribution in [3.63, 3.8) is 0 Å². The third-order valence-corrected chi connectivity index (χ3v) is 4.87. The van der Waals surface area contributed by atoms with Gasteiger partial charge in [-0.3, -0.25) is 0 Å². The number of rotatable bonds is 4. The van der Waals surface area contributed by atoms with E-state index in [1.807, 2.05) is 18.3 Å². The molecule has 0 amide bonds. The Balaban J connectivity index is 2.54. The van der Waals surface area contributed by atoms with Crippen molar-refractivity contribution in [2.75, 3.05) is 6.54 Å². The Bertz CT molecular complexity index is 580. The highest BCUT2D eigenvalue weighted by Gasteiger charge is 2.24. The minimum atomic E-state index is 0.251. The fourth-order valence-electron chi connectivity index (χ4n) is 2.71. The van der Waals surface area contributed by atoms with Crippen molar-refractivity contribution < 1.29 is 4.42 Å².